The van der Waals surface area contributed by atoms with Crippen molar-refractivity contribution < 1.29 is 0 Å². The summed E-state index contributed by atoms with van der Waals surface area (Å²) in [6, 6.07) is 9.20. The van der Waals surface area contributed by atoms with E-state index in [1.54, 1.807) is 13.0 Å². The monoisotopic (exact) mass is 238 g/mol. The van der Waals surface area contributed by atoms with E-state index in [0.29, 0.717) is 16.0 Å². The third-order valence-corrected chi connectivity index (χ3v) is 2.36. The van der Waals surface area contributed by atoms with Gasteiger partial charge in [-0.15, -0.1) is 0 Å². The van der Waals surface area contributed by atoms with Crippen LogP contribution < -0.4 is 0 Å². The molecule has 0 saturated carbocycles. The minimum absolute atomic E-state index is 0.442. The molecule has 2 aromatic rings. The molecule has 1 aromatic carbocycles. The Kier molecular flexibility index (Phi) is 2.89. The summed E-state index contributed by atoms with van der Waals surface area (Å²) in [7, 11) is 0. The van der Waals surface area contributed by atoms with Crippen LogP contribution in [0.15, 0.2) is 30.3 Å². The van der Waals surface area contributed by atoms with E-state index in [2.05, 4.69) is 9.97 Å². The minimum atomic E-state index is 0.442. The highest BCUT2D eigenvalue weighted by Gasteiger charge is 2.03. The molecular weight excluding hydrogens is 231 g/mol. The number of benzene rings is 1. The van der Waals surface area contributed by atoms with E-state index in [0.717, 1.165) is 11.3 Å². The first kappa shape index (κ1) is 10.4. The van der Waals surface area contributed by atoms with Gasteiger partial charge in [0.2, 0.25) is 0 Å². The van der Waals surface area contributed by atoms with Crippen molar-refractivity contribution >= 4 is 23.2 Å². The smallest absolute Gasteiger partial charge is 0.133 e. The Morgan fingerprint density at radius 2 is 1.87 bits per heavy atom. The van der Waals surface area contributed by atoms with Gasteiger partial charge >= 0.3 is 0 Å². The lowest BCUT2D eigenvalue weighted by molar-refractivity contribution is 1.06. The molecule has 0 radical (unpaired) electrons. The Morgan fingerprint density at radius 1 is 1.07 bits per heavy atom. The Hall–Kier alpha value is -1.12. The van der Waals surface area contributed by atoms with E-state index < -0.39 is 0 Å². The SMILES string of the molecule is Cc1nc(Cl)cc(-c2cccc(Cl)c2)n1. The van der Waals surface area contributed by atoms with E-state index in [4.69, 9.17) is 23.2 Å². The topological polar surface area (TPSA) is 25.8 Å². The van der Waals surface area contributed by atoms with Crippen LogP contribution in [0.5, 0.6) is 0 Å². The molecule has 0 spiro atoms. The molecule has 1 heterocycles. The molecule has 0 amide bonds. The second-order valence-electron chi connectivity index (χ2n) is 3.13. The van der Waals surface area contributed by atoms with Gasteiger partial charge in [0.05, 0.1) is 5.69 Å². The Bertz CT molecular complexity index is 477. The molecule has 0 N–H and O–H groups in total. The fraction of sp³-hybridized carbons (Fsp3) is 0.0909. The molecule has 0 atom stereocenters. The van der Waals surface area contributed by atoms with Crippen LogP contribution in [-0.2, 0) is 0 Å². The summed E-state index contributed by atoms with van der Waals surface area (Å²) in [4.78, 5) is 8.29. The normalized spacial score (nSPS) is 10.3. The second-order valence-corrected chi connectivity index (χ2v) is 3.96. The molecule has 1 aromatic heterocycles. The standard InChI is InChI=1S/C11H8Cl2N2/c1-7-14-10(6-11(13)15-7)8-3-2-4-9(12)5-8/h2-6H,1H3. The fourth-order valence-electron chi connectivity index (χ4n) is 1.33. The Morgan fingerprint density at radius 3 is 2.53 bits per heavy atom. The molecule has 0 bridgehead atoms. The summed E-state index contributed by atoms with van der Waals surface area (Å²) in [6.45, 7) is 1.81. The van der Waals surface area contributed by atoms with Gasteiger partial charge in [-0.3, -0.25) is 0 Å². The lowest BCUT2D eigenvalue weighted by atomic mass is 10.1. The summed E-state index contributed by atoms with van der Waals surface area (Å²) >= 11 is 11.8. The molecule has 0 aliphatic carbocycles. The zero-order chi connectivity index (χ0) is 10.8. The molecule has 76 valence electrons. The maximum absolute atomic E-state index is 5.90. The zero-order valence-corrected chi connectivity index (χ0v) is 9.55. The van der Waals surface area contributed by atoms with Gasteiger partial charge < -0.3 is 0 Å². The summed E-state index contributed by atoms with van der Waals surface area (Å²) in [6.07, 6.45) is 0. The summed E-state index contributed by atoms with van der Waals surface area (Å²) in [5, 5.41) is 1.12. The molecule has 15 heavy (non-hydrogen) atoms. The average Bonchev–Trinajstić information content (AvgIpc) is 2.16. The summed E-state index contributed by atoms with van der Waals surface area (Å²) < 4.78 is 0. The van der Waals surface area contributed by atoms with Crippen LogP contribution in [0.25, 0.3) is 11.3 Å². The number of nitrogens with zero attached hydrogens (tertiary/aromatic N) is 2. The van der Waals surface area contributed by atoms with Crippen molar-refractivity contribution in [2.45, 2.75) is 6.92 Å². The first-order valence-electron chi connectivity index (χ1n) is 4.42. The van der Waals surface area contributed by atoms with Crippen LogP contribution in [0.1, 0.15) is 5.82 Å². The first-order chi connectivity index (χ1) is 7.15. The zero-order valence-electron chi connectivity index (χ0n) is 8.04. The van der Waals surface area contributed by atoms with Crippen molar-refractivity contribution in [1.82, 2.24) is 9.97 Å². The van der Waals surface area contributed by atoms with Gasteiger partial charge in [-0.1, -0.05) is 35.3 Å². The third-order valence-electron chi connectivity index (χ3n) is 1.93. The predicted octanol–water partition coefficient (Wildman–Crippen LogP) is 3.76. The highest BCUT2D eigenvalue weighted by molar-refractivity contribution is 6.31. The van der Waals surface area contributed by atoms with Crippen LogP contribution in [0.4, 0.5) is 0 Å². The molecule has 2 rings (SSSR count). The lowest BCUT2D eigenvalue weighted by Crippen LogP contribution is -1.91. The number of aryl methyl sites for hydroxylation is 1. The van der Waals surface area contributed by atoms with Crippen LogP contribution in [0.2, 0.25) is 10.2 Å². The van der Waals surface area contributed by atoms with E-state index >= 15 is 0 Å². The van der Waals surface area contributed by atoms with Gasteiger partial charge in [0.1, 0.15) is 11.0 Å². The molecule has 0 saturated heterocycles. The van der Waals surface area contributed by atoms with Crippen molar-refractivity contribution in [1.29, 1.82) is 0 Å². The maximum Gasteiger partial charge on any atom is 0.133 e. The van der Waals surface area contributed by atoms with E-state index in [1.807, 2.05) is 24.3 Å². The summed E-state index contributed by atoms with van der Waals surface area (Å²) in [5.41, 5.74) is 1.73. The largest absolute Gasteiger partial charge is 0.233 e. The van der Waals surface area contributed by atoms with Gasteiger partial charge in [-0.2, -0.15) is 0 Å². The van der Waals surface area contributed by atoms with Gasteiger partial charge in [0, 0.05) is 16.7 Å². The highest BCUT2D eigenvalue weighted by Crippen LogP contribution is 2.22. The van der Waals surface area contributed by atoms with Crippen LogP contribution in [-0.4, -0.2) is 9.97 Å². The van der Waals surface area contributed by atoms with Gasteiger partial charge in [-0.25, -0.2) is 9.97 Å². The van der Waals surface area contributed by atoms with Crippen molar-refractivity contribution in [3.8, 4) is 11.3 Å². The molecule has 0 aliphatic heterocycles. The minimum Gasteiger partial charge on any atom is -0.233 e. The number of hydrogen-bond donors (Lipinski definition) is 0. The first-order valence-corrected chi connectivity index (χ1v) is 5.18. The van der Waals surface area contributed by atoms with Gasteiger partial charge in [0.25, 0.3) is 0 Å². The van der Waals surface area contributed by atoms with Crippen LogP contribution in [0.3, 0.4) is 0 Å². The number of hydrogen-bond acceptors (Lipinski definition) is 2. The molecule has 0 fully saturated rings. The van der Waals surface area contributed by atoms with E-state index in [1.165, 1.54) is 0 Å². The number of rotatable bonds is 1. The molecular formula is C11H8Cl2N2. The van der Waals surface area contributed by atoms with Crippen LogP contribution >= 0.6 is 23.2 Å². The van der Waals surface area contributed by atoms with Gasteiger partial charge in [-0.05, 0) is 19.1 Å². The molecule has 2 nitrogen and oxygen atoms in total. The quantitative estimate of drug-likeness (QED) is 0.708. The van der Waals surface area contributed by atoms with Crippen molar-refractivity contribution in [2.75, 3.05) is 0 Å². The molecule has 0 aliphatic rings. The lowest BCUT2D eigenvalue weighted by Gasteiger charge is -2.02. The third kappa shape index (κ3) is 2.46. The maximum atomic E-state index is 5.90. The van der Waals surface area contributed by atoms with Crippen LogP contribution in [0, 0.1) is 6.92 Å². The second kappa shape index (κ2) is 4.17. The van der Waals surface area contributed by atoms with Gasteiger partial charge in [0.15, 0.2) is 0 Å². The average molecular weight is 239 g/mol. The predicted molar refractivity (Wildman–Crippen MR) is 62.2 cm³/mol. The molecule has 4 heteroatoms. The van der Waals surface area contributed by atoms with E-state index in [9.17, 15) is 0 Å². The molecule has 0 unspecified atom stereocenters. The van der Waals surface area contributed by atoms with Crippen molar-refractivity contribution in [2.24, 2.45) is 0 Å². The van der Waals surface area contributed by atoms with Crippen molar-refractivity contribution in [3.63, 3.8) is 0 Å². The fourth-order valence-corrected chi connectivity index (χ4v) is 1.74. The number of halogens is 2. The number of aromatic nitrogens is 2. The van der Waals surface area contributed by atoms with E-state index in [-0.39, 0.29) is 0 Å². The summed E-state index contributed by atoms with van der Waals surface area (Å²) in [5.74, 6) is 0.650. The van der Waals surface area contributed by atoms with Crippen molar-refractivity contribution in [3.05, 3.63) is 46.3 Å². The Balaban J connectivity index is 2.54. The highest BCUT2D eigenvalue weighted by atomic mass is 35.5. The Labute approximate surface area is 97.9 Å².